The Morgan fingerprint density at radius 3 is 1.92 bits per heavy atom. The van der Waals surface area contributed by atoms with E-state index in [0.29, 0.717) is 12.1 Å². The maximum Gasteiger partial charge on any atom is 0.294 e. The molecule has 0 fully saturated rings. The second kappa shape index (κ2) is 3.32. The number of rotatable bonds is 1. The molecule has 13 heavy (non-hydrogen) atoms. The molecule has 0 aliphatic carbocycles. The lowest BCUT2D eigenvalue weighted by molar-refractivity contribution is 0.479. The maximum absolute atomic E-state index is 12.7. The van der Waals surface area contributed by atoms with E-state index in [2.05, 4.69) is 15.9 Å². The van der Waals surface area contributed by atoms with Gasteiger partial charge >= 0.3 is 0 Å². The molecule has 0 unspecified atom stereocenters. The Bertz CT molecular complexity index is 420. The van der Waals surface area contributed by atoms with Crippen LogP contribution in [0.4, 0.5) is 8.78 Å². The topological polar surface area (TPSA) is 54.4 Å². The molecule has 0 bridgehead atoms. The van der Waals surface area contributed by atoms with Crippen LogP contribution in [0.2, 0.25) is 0 Å². The Labute approximate surface area is 81.3 Å². The third-order valence-corrected chi connectivity index (χ3v) is 2.84. The summed E-state index contributed by atoms with van der Waals surface area (Å²) in [7, 11) is -4.57. The van der Waals surface area contributed by atoms with Crippen molar-refractivity contribution < 1.29 is 21.8 Å². The summed E-state index contributed by atoms with van der Waals surface area (Å²) in [6, 6.07) is 1.03. The second-order valence-electron chi connectivity index (χ2n) is 2.18. The van der Waals surface area contributed by atoms with Gasteiger partial charge in [-0.3, -0.25) is 4.55 Å². The van der Waals surface area contributed by atoms with E-state index in [9.17, 15) is 17.2 Å². The van der Waals surface area contributed by atoms with Crippen molar-refractivity contribution in [2.24, 2.45) is 0 Å². The van der Waals surface area contributed by atoms with Gasteiger partial charge in [0.2, 0.25) is 0 Å². The fraction of sp³-hybridized carbons (Fsp3) is 0. The van der Waals surface area contributed by atoms with Crippen LogP contribution in [0.15, 0.2) is 21.5 Å². The summed E-state index contributed by atoms with van der Waals surface area (Å²) in [5.74, 6) is -2.18. The molecule has 0 atom stereocenters. The average Bonchev–Trinajstić information content (AvgIpc) is 1.97. The molecule has 0 amide bonds. The molecule has 3 nitrogen and oxygen atoms in total. The summed E-state index contributed by atoms with van der Waals surface area (Å²) in [5.41, 5.74) is 0. The summed E-state index contributed by atoms with van der Waals surface area (Å²) in [6.45, 7) is 0. The molecule has 1 N–H and O–H groups in total. The Morgan fingerprint density at radius 2 is 1.62 bits per heavy atom. The molecular formula is C6H3BrF2O3S. The number of hydrogen-bond donors (Lipinski definition) is 1. The van der Waals surface area contributed by atoms with Gasteiger partial charge in [0.05, 0.1) is 9.37 Å². The largest absolute Gasteiger partial charge is 0.294 e. The Kier molecular flexibility index (Phi) is 2.69. The number of halogens is 3. The van der Waals surface area contributed by atoms with E-state index in [1.807, 2.05) is 0 Å². The lowest BCUT2D eigenvalue weighted by atomic mass is 10.3. The molecule has 0 saturated heterocycles. The first kappa shape index (κ1) is 10.6. The first-order chi connectivity index (χ1) is 5.82. The Balaban J connectivity index is 3.47. The van der Waals surface area contributed by atoms with Crippen LogP contribution in [-0.2, 0) is 10.1 Å². The highest BCUT2D eigenvalue weighted by atomic mass is 79.9. The van der Waals surface area contributed by atoms with Gasteiger partial charge in [-0.1, -0.05) is 0 Å². The van der Waals surface area contributed by atoms with E-state index >= 15 is 0 Å². The van der Waals surface area contributed by atoms with Gasteiger partial charge in [0.15, 0.2) is 0 Å². The van der Waals surface area contributed by atoms with Gasteiger partial charge in [-0.05, 0) is 28.1 Å². The molecule has 0 aromatic heterocycles. The van der Waals surface area contributed by atoms with Crippen LogP contribution >= 0.6 is 15.9 Å². The summed E-state index contributed by atoms with van der Waals surface area (Å²) >= 11 is 2.55. The van der Waals surface area contributed by atoms with Crippen molar-refractivity contribution in [3.05, 3.63) is 28.2 Å². The summed E-state index contributed by atoms with van der Waals surface area (Å²) in [4.78, 5) is -0.814. The van der Waals surface area contributed by atoms with Crippen LogP contribution < -0.4 is 0 Å². The van der Waals surface area contributed by atoms with Crippen molar-refractivity contribution in [2.75, 3.05) is 0 Å². The fourth-order valence-electron chi connectivity index (χ4n) is 0.681. The lowest BCUT2D eigenvalue weighted by Crippen LogP contribution is -2.00. The van der Waals surface area contributed by atoms with E-state index in [-0.39, 0.29) is 0 Å². The van der Waals surface area contributed by atoms with Crippen LogP contribution in [0.5, 0.6) is 0 Å². The minimum Gasteiger partial charge on any atom is -0.282 e. The Hall–Kier alpha value is -0.530. The molecule has 0 aliphatic rings. The SMILES string of the molecule is O=S(=O)(O)c1cc(F)c(Br)c(F)c1. The van der Waals surface area contributed by atoms with Gasteiger partial charge in [-0.15, -0.1) is 0 Å². The molecule has 7 heteroatoms. The van der Waals surface area contributed by atoms with E-state index in [1.165, 1.54) is 0 Å². The quantitative estimate of drug-likeness (QED) is 0.628. The molecule has 0 radical (unpaired) electrons. The number of hydrogen-bond acceptors (Lipinski definition) is 2. The molecule has 1 rings (SSSR count). The highest BCUT2D eigenvalue weighted by Gasteiger charge is 2.15. The van der Waals surface area contributed by atoms with Crippen molar-refractivity contribution in [3.63, 3.8) is 0 Å². The van der Waals surface area contributed by atoms with Crippen molar-refractivity contribution in [1.29, 1.82) is 0 Å². The van der Waals surface area contributed by atoms with E-state index in [1.54, 1.807) is 0 Å². The maximum atomic E-state index is 12.7. The minimum absolute atomic E-state index is 0.472. The van der Waals surface area contributed by atoms with Gasteiger partial charge in [0, 0.05) is 0 Å². The molecule has 0 saturated carbocycles. The van der Waals surface area contributed by atoms with Crippen molar-refractivity contribution in [3.8, 4) is 0 Å². The molecule has 0 aliphatic heterocycles. The van der Waals surface area contributed by atoms with E-state index in [4.69, 9.17) is 4.55 Å². The fourth-order valence-corrected chi connectivity index (χ4v) is 1.41. The molecule has 1 aromatic carbocycles. The predicted molar refractivity (Wildman–Crippen MR) is 43.9 cm³/mol. The van der Waals surface area contributed by atoms with Crippen LogP contribution in [0.3, 0.4) is 0 Å². The zero-order chi connectivity index (χ0) is 10.2. The summed E-state index contributed by atoms with van der Waals surface area (Å²) in [5, 5.41) is 0. The van der Waals surface area contributed by atoms with Crippen molar-refractivity contribution >= 4 is 26.0 Å². The van der Waals surface area contributed by atoms with Gasteiger partial charge in [-0.2, -0.15) is 8.42 Å². The monoisotopic (exact) mass is 272 g/mol. The first-order valence-corrected chi connectivity index (χ1v) is 5.17. The smallest absolute Gasteiger partial charge is 0.282 e. The van der Waals surface area contributed by atoms with Crippen LogP contribution in [0.25, 0.3) is 0 Å². The third-order valence-electron chi connectivity index (χ3n) is 1.26. The Morgan fingerprint density at radius 1 is 1.23 bits per heavy atom. The van der Waals surface area contributed by atoms with Gasteiger partial charge < -0.3 is 0 Å². The van der Waals surface area contributed by atoms with Gasteiger partial charge in [-0.25, -0.2) is 8.78 Å². The van der Waals surface area contributed by atoms with Gasteiger partial charge in [0.25, 0.3) is 10.1 Å². The zero-order valence-corrected chi connectivity index (χ0v) is 8.36. The number of benzene rings is 1. The second-order valence-corrected chi connectivity index (χ2v) is 4.39. The van der Waals surface area contributed by atoms with Crippen LogP contribution in [0.1, 0.15) is 0 Å². The highest BCUT2D eigenvalue weighted by Crippen LogP contribution is 2.23. The van der Waals surface area contributed by atoms with Crippen molar-refractivity contribution in [1.82, 2.24) is 0 Å². The minimum atomic E-state index is -4.57. The van der Waals surface area contributed by atoms with Crippen LogP contribution in [-0.4, -0.2) is 13.0 Å². The molecule has 0 spiro atoms. The molecular weight excluding hydrogens is 270 g/mol. The standard InChI is InChI=1S/C6H3BrF2O3S/c7-6-4(8)1-3(2-5(6)9)13(10,11)12/h1-2H,(H,10,11,12). The van der Waals surface area contributed by atoms with Gasteiger partial charge in [0.1, 0.15) is 11.6 Å². The molecule has 1 aromatic rings. The van der Waals surface area contributed by atoms with Crippen LogP contribution in [0, 0.1) is 11.6 Å². The predicted octanol–water partition coefficient (Wildman–Crippen LogP) is 1.97. The molecule has 0 heterocycles. The van der Waals surface area contributed by atoms with Crippen molar-refractivity contribution in [2.45, 2.75) is 4.90 Å². The van der Waals surface area contributed by atoms with E-state index < -0.39 is 31.1 Å². The average molecular weight is 273 g/mol. The highest BCUT2D eigenvalue weighted by molar-refractivity contribution is 9.10. The summed E-state index contributed by atoms with van der Waals surface area (Å²) < 4.78 is 54.3. The summed E-state index contributed by atoms with van der Waals surface area (Å²) in [6.07, 6.45) is 0. The first-order valence-electron chi connectivity index (χ1n) is 2.94. The van der Waals surface area contributed by atoms with E-state index in [0.717, 1.165) is 0 Å². The lowest BCUT2D eigenvalue weighted by Gasteiger charge is -2.00. The molecule has 72 valence electrons. The normalized spacial score (nSPS) is 11.7. The zero-order valence-electron chi connectivity index (χ0n) is 5.96. The third kappa shape index (κ3) is 2.23.